The molecule has 0 bridgehead atoms. The van der Waals surface area contributed by atoms with E-state index in [1.165, 1.54) is 6.07 Å². The van der Waals surface area contributed by atoms with Crippen molar-refractivity contribution in [2.45, 2.75) is 41.0 Å². The van der Waals surface area contributed by atoms with Gasteiger partial charge in [0.25, 0.3) is 0 Å². The lowest BCUT2D eigenvalue weighted by Gasteiger charge is -2.23. The molecule has 0 spiro atoms. The largest absolute Gasteiger partial charge is 0.297 e. The van der Waals surface area contributed by atoms with E-state index in [4.69, 9.17) is 5.14 Å². The van der Waals surface area contributed by atoms with Gasteiger partial charge in [0.1, 0.15) is 8.42 Å². The van der Waals surface area contributed by atoms with Crippen molar-refractivity contribution < 1.29 is 16.8 Å². The number of hydrogen-bond donors (Lipinski definition) is 1. The normalized spacial score (nSPS) is 23.0. The summed E-state index contributed by atoms with van der Waals surface area (Å²) in [5.74, 6) is 0.401. The third-order valence-electron chi connectivity index (χ3n) is 3.35. The minimum atomic E-state index is -3.88. The van der Waals surface area contributed by atoms with Crippen LogP contribution in [0.15, 0.2) is 14.5 Å². The van der Waals surface area contributed by atoms with Crippen molar-refractivity contribution in [2.24, 2.45) is 11.1 Å². The van der Waals surface area contributed by atoms with Gasteiger partial charge in [-0.3, -0.25) is 4.90 Å². The van der Waals surface area contributed by atoms with Gasteiger partial charge < -0.3 is 0 Å². The number of nitrogens with two attached hydrogens (primary N) is 1. The number of thiophene rings is 1. The summed E-state index contributed by atoms with van der Waals surface area (Å²) in [6.07, 6.45) is 0. The van der Waals surface area contributed by atoms with Crippen LogP contribution < -0.4 is 5.14 Å². The lowest BCUT2D eigenvalue weighted by atomic mass is 10.2. The Morgan fingerprint density at radius 1 is 1.48 bits per heavy atom. The van der Waals surface area contributed by atoms with Gasteiger partial charge in [-0.15, -0.1) is 11.3 Å². The molecular weight excluding hydrogens is 332 g/mol. The summed E-state index contributed by atoms with van der Waals surface area (Å²) in [6.45, 7) is 7.44. The third kappa shape index (κ3) is 3.48. The van der Waals surface area contributed by atoms with Gasteiger partial charge >= 0.3 is 0 Å². The molecule has 21 heavy (non-hydrogen) atoms. The summed E-state index contributed by atoms with van der Waals surface area (Å²) < 4.78 is 48.1. The van der Waals surface area contributed by atoms with Gasteiger partial charge in [0.15, 0.2) is 9.84 Å². The zero-order chi connectivity index (χ0) is 16.0. The SMILES string of the molecule is CC(C)CN1Cc2cc(S(N)(=O)=O)sc2S(=O)(=O)[C@H](C)C1. The average Bonchev–Trinajstić information content (AvgIpc) is 2.68. The van der Waals surface area contributed by atoms with Crippen LogP contribution in [0.25, 0.3) is 0 Å². The second kappa shape index (κ2) is 5.62. The monoisotopic (exact) mass is 352 g/mol. The highest BCUT2D eigenvalue weighted by Gasteiger charge is 2.35. The maximum Gasteiger partial charge on any atom is 0.247 e. The Balaban J connectivity index is 2.53. The average molecular weight is 353 g/mol. The molecule has 2 rings (SSSR count). The first-order chi connectivity index (χ1) is 9.51. The Bertz CT molecular complexity index is 735. The van der Waals surface area contributed by atoms with E-state index < -0.39 is 25.1 Å². The maximum atomic E-state index is 12.5. The molecule has 0 aliphatic carbocycles. The Hall–Kier alpha value is -0.480. The number of sulfone groups is 1. The van der Waals surface area contributed by atoms with Crippen LogP contribution in [0.3, 0.4) is 0 Å². The molecule has 1 atom stereocenters. The molecule has 2 heterocycles. The highest BCUT2D eigenvalue weighted by atomic mass is 32.3. The molecule has 0 aromatic carbocycles. The molecule has 0 unspecified atom stereocenters. The predicted molar refractivity (Wildman–Crippen MR) is 82.5 cm³/mol. The zero-order valence-corrected chi connectivity index (χ0v) is 14.7. The molecule has 1 aliphatic heterocycles. The van der Waals surface area contributed by atoms with Crippen LogP contribution >= 0.6 is 11.3 Å². The summed E-state index contributed by atoms with van der Waals surface area (Å²) >= 11 is 0.760. The molecule has 0 saturated carbocycles. The Labute approximate surface area is 129 Å². The topological polar surface area (TPSA) is 97.5 Å². The van der Waals surface area contributed by atoms with Gasteiger partial charge in [0.2, 0.25) is 10.0 Å². The van der Waals surface area contributed by atoms with Crippen LogP contribution in [0.1, 0.15) is 26.3 Å². The molecule has 2 N–H and O–H groups in total. The maximum absolute atomic E-state index is 12.5. The zero-order valence-electron chi connectivity index (χ0n) is 12.2. The summed E-state index contributed by atoms with van der Waals surface area (Å²) in [4.78, 5) is 2.05. The van der Waals surface area contributed by atoms with Crippen molar-refractivity contribution in [1.29, 1.82) is 0 Å². The third-order valence-corrected chi connectivity index (χ3v) is 8.68. The fraction of sp³-hybridized carbons (Fsp3) is 0.667. The van der Waals surface area contributed by atoms with Crippen LogP contribution in [0.5, 0.6) is 0 Å². The number of primary sulfonamides is 1. The standard InChI is InChI=1S/C12H20N2O4S3/c1-8(2)5-14-6-9(3)20(15,16)12-10(7-14)4-11(19-12)21(13,17)18/h4,8-9H,5-7H2,1-3H3,(H2,13,17,18)/t9-/m1/s1. The van der Waals surface area contributed by atoms with Gasteiger partial charge in [-0.2, -0.15) is 0 Å². The molecule has 1 aliphatic rings. The van der Waals surface area contributed by atoms with Crippen molar-refractivity contribution >= 4 is 31.2 Å². The van der Waals surface area contributed by atoms with Crippen LogP contribution in [0.2, 0.25) is 0 Å². The second-order valence-electron chi connectivity index (χ2n) is 5.87. The molecule has 1 aromatic rings. The quantitative estimate of drug-likeness (QED) is 0.876. The van der Waals surface area contributed by atoms with E-state index >= 15 is 0 Å². The Kier molecular flexibility index (Phi) is 4.52. The van der Waals surface area contributed by atoms with Gasteiger partial charge in [-0.25, -0.2) is 22.0 Å². The van der Waals surface area contributed by atoms with E-state index in [1.807, 2.05) is 0 Å². The first-order valence-corrected chi connectivity index (χ1v) is 10.5. The molecule has 9 heteroatoms. The van der Waals surface area contributed by atoms with E-state index in [0.29, 0.717) is 24.6 Å². The summed E-state index contributed by atoms with van der Waals surface area (Å²) in [7, 11) is -7.39. The van der Waals surface area contributed by atoms with Crippen LogP contribution in [0.4, 0.5) is 0 Å². The van der Waals surface area contributed by atoms with E-state index in [-0.39, 0.29) is 8.42 Å². The van der Waals surface area contributed by atoms with Gasteiger partial charge in [-0.05, 0) is 24.5 Å². The van der Waals surface area contributed by atoms with E-state index in [2.05, 4.69) is 18.7 Å². The highest BCUT2D eigenvalue weighted by molar-refractivity contribution is 7.95. The molecule has 0 fully saturated rings. The fourth-order valence-corrected chi connectivity index (χ4v) is 6.79. The summed E-state index contributed by atoms with van der Waals surface area (Å²) in [5.41, 5.74) is 0.536. The smallest absolute Gasteiger partial charge is 0.247 e. The molecule has 1 aromatic heterocycles. The van der Waals surface area contributed by atoms with Crippen molar-refractivity contribution in [2.75, 3.05) is 13.1 Å². The number of fused-ring (bicyclic) bond motifs is 1. The molecule has 120 valence electrons. The number of nitrogens with zero attached hydrogens (tertiary/aromatic N) is 1. The number of hydrogen-bond acceptors (Lipinski definition) is 6. The van der Waals surface area contributed by atoms with Gasteiger partial charge in [0, 0.05) is 19.6 Å². The van der Waals surface area contributed by atoms with Crippen LogP contribution in [0, 0.1) is 5.92 Å². The molecule has 0 saturated heterocycles. The second-order valence-corrected chi connectivity index (χ2v) is 11.3. The van der Waals surface area contributed by atoms with E-state index in [0.717, 1.165) is 17.9 Å². The van der Waals surface area contributed by atoms with Crippen molar-refractivity contribution in [1.82, 2.24) is 4.90 Å². The van der Waals surface area contributed by atoms with Crippen molar-refractivity contribution in [3.05, 3.63) is 11.6 Å². The van der Waals surface area contributed by atoms with E-state index in [1.54, 1.807) is 6.92 Å². The summed E-state index contributed by atoms with van der Waals surface area (Å²) in [5, 5.41) is 4.56. The summed E-state index contributed by atoms with van der Waals surface area (Å²) in [6, 6.07) is 1.40. The first kappa shape index (κ1) is 16.9. The minimum Gasteiger partial charge on any atom is -0.297 e. The predicted octanol–water partition coefficient (Wildman–Crippen LogP) is 1.03. The first-order valence-electron chi connectivity index (χ1n) is 6.63. The Morgan fingerprint density at radius 2 is 2.10 bits per heavy atom. The molecule has 6 nitrogen and oxygen atoms in total. The van der Waals surface area contributed by atoms with Crippen LogP contribution in [-0.2, 0) is 26.4 Å². The van der Waals surface area contributed by atoms with Gasteiger partial charge in [0.05, 0.1) is 5.25 Å². The van der Waals surface area contributed by atoms with Crippen molar-refractivity contribution in [3.8, 4) is 0 Å². The minimum absolute atomic E-state index is 0.0883. The lowest BCUT2D eigenvalue weighted by molar-refractivity contribution is 0.239. The molecule has 0 radical (unpaired) electrons. The highest BCUT2D eigenvalue weighted by Crippen LogP contribution is 2.35. The van der Waals surface area contributed by atoms with Crippen molar-refractivity contribution in [3.63, 3.8) is 0 Å². The van der Waals surface area contributed by atoms with E-state index in [9.17, 15) is 16.8 Å². The number of sulfonamides is 1. The lowest BCUT2D eigenvalue weighted by Crippen LogP contribution is -2.34. The fourth-order valence-electron chi connectivity index (χ4n) is 2.48. The van der Waals surface area contributed by atoms with Gasteiger partial charge in [-0.1, -0.05) is 13.8 Å². The Morgan fingerprint density at radius 3 is 2.62 bits per heavy atom. The molecule has 0 amide bonds. The van der Waals surface area contributed by atoms with Crippen LogP contribution in [-0.4, -0.2) is 40.1 Å². The number of rotatable bonds is 3. The molecular formula is C12H20N2O4S3.